The topological polar surface area (TPSA) is 52.6 Å². The van der Waals surface area contributed by atoms with E-state index >= 15 is 0 Å². The van der Waals surface area contributed by atoms with Crippen molar-refractivity contribution in [3.05, 3.63) is 23.3 Å². The Kier molecular flexibility index (Phi) is 7.17. The van der Waals surface area contributed by atoms with Crippen LogP contribution in [-0.2, 0) is 19.1 Å². The Morgan fingerprint density at radius 2 is 1.86 bits per heavy atom. The van der Waals surface area contributed by atoms with Gasteiger partial charge in [0.1, 0.15) is 12.7 Å². The Hall–Kier alpha value is -1.58. The molecule has 0 aromatic rings. The molecule has 0 bridgehead atoms. The van der Waals surface area contributed by atoms with Gasteiger partial charge in [0.05, 0.1) is 0 Å². The van der Waals surface area contributed by atoms with E-state index in [0.29, 0.717) is 18.4 Å². The van der Waals surface area contributed by atoms with Crippen molar-refractivity contribution < 1.29 is 19.1 Å². The number of carbonyl (C=O) groups excluding carboxylic acids is 2. The molecule has 0 heterocycles. The summed E-state index contributed by atoms with van der Waals surface area (Å²) in [5, 5.41) is 0. The van der Waals surface area contributed by atoms with E-state index in [9.17, 15) is 9.59 Å². The summed E-state index contributed by atoms with van der Waals surface area (Å²) in [6.07, 6.45) is 9.62. The first-order valence-corrected chi connectivity index (χ1v) is 10.6. The predicted molar refractivity (Wildman–Crippen MR) is 112 cm³/mol. The fourth-order valence-corrected chi connectivity index (χ4v) is 5.76. The van der Waals surface area contributed by atoms with Gasteiger partial charge in [-0.25, -0.2) is 0 Å². The lowest BCUT2D eigenvalue weighted by Gasteiger charge is -2.59. The van der Waals surface area contributed by atoms with Gasteiger partial charge in [-0.3, -0.25) is 9.59 Å². The summed E-state index contributed by atoms with van der Waals surface area (Å²) in [5.74, 6) is 0.615. The molecule has 0 aromatic carbocycles. The molecule has 2 aliphatic rings. The van der Waals surface area contributed by atoms with Crippen LogP contribution in [0.1, 0.15) is 80.6 Å². The summed E-state index contributed by atoms with van der Waals surface area (Å²) < 4.78 is 10.7. The number of carbonyl (C=O) groups is 2. The molecule has 0 amide bonds. The molecule has 0 spiro atoms. The Bertz CT molecular complexity index is 658. The smallest absolute Gasteiger partial charge is 0.302 e. The predicted octanol–water partition coefficient (Wildman–Crippen LogP) is 5.62. The zero-order valence-electron chi connectivity index (χ0n) is 18.8. The fraction of sp³-hybridized carbons (Fsp3) is 0.750. The Morgan fingerprint density at radius 3 is 2.46 bits per heavy atom. The van der Waals surface area contributed by atoms with Crippen LogP contribution in [0.5, 0.6) is 0 Å². The van der Waals surface area contributed by atoms with E-state index in [-0.39, 0.29) is 28.9 Å². The van der Waals surface area contributed by atoms with Gasteiger partial charge in [0, 0.05) is 19.3 Å². The van der Waals surface area contributed by atoms with Crippen molar-refractivity contribution in [1.29, 1.82) is 0 Å². The van der Waals surface area contributed by atoms with Crippen molar-refractivity contribution in [2.75, 3.05) is 6.61 Å². The lowest BCUT2D eigenvalue weighted by atomic mass is 9.47. The van der Waals surface area contributed by atoms with E-state index in [4.69, 9.17) is 9.47 Å². The first-order chi connectivity index (χ1) is 13.0. The first kappa shape index (κ1) is 22.7. The minimum Gasteiger partial charge on any atom is -0.462 e. The summed E-state index contributed by atoms with van der Waals surface area (Å²) in [6.45, 7) is 14.7. The summed E-state index contributed by atoms with van der Waals surface area (Å²) in [6, 6.07) is 0. The third kappa shape index (κ3) is 4.87. The number of allylic oxidation sites excluding steroid dienone is 3. The maximum absolute atomic E-state index is 11.6. The molecule has 1 saturated carbocycles. The van der Waals surface area contributed by atoms with Gasteiger partial charge in [-0.2, -0.15) is 0 Å². The van der Waals surface area contributed by atoms with Crippen molar-refractivity contribution in [2.45, 2.75) is 86.7 Å². The van der Waals surface area contributed by atoms with Gasteiger partial charge < -0.3 is 9.47 Å². The summed E-state index contributed by atoms with van der Waals surface area (Å²) in [4.78, 5) is 22.5. The molecule has 0 aliphatic heterocycles. The number of rotatable bonds is 6. The van der Waals surface area contributed by atoms with Crippen LogP contribution in [0.2, 0.25) is 0 Å². The highest BCUT2D eigenvalue weighted by Crippen LogP contribution is 2.61. The summed E-state index contributed by atoms with van der Waals surface area (Å²) in [7, 11) is 0. The van der Waals surface area contributed by atoms with Crippen LogP contribution in [0, 0.1) is 22.7 Å². The molecular formula is C24H38O4. The van der Waals surface area contributed by atoms with Crippen LogP contribution in [-0.4, -0.2) is 24.6 Å². The molecule has 0 radical (unpaired) electrons. The zero-order valence-corrected chi connectivity index (χ0v) is 18.8. The highest BCUT2D eigenvalue weighted by atomic mass is 16.5. The van der Waals surface area contributed by atoms with E-state index in [1.165, 1.54) is 25.0 Å². The Morgan fingerprint density at radius 1 is 1.18 bits per heavy atom. The van der Waals surface area contributed by atoms with Gasteiger partial charge in [0.15, 0.2) is 0 Å². The molecule has 4 heteroatoms. The number of hydrogen-bond donors (Lipinski definition) is 0. The molecular weight excluding hydrogens is 352 g/mol. The van der Waals surface area contributed by atoms with Gasteiger partial charge in [0.25, 0.3) is 0 Å². The lowest BCUT2D eigenvalue weighted by Crippen LogP contribution is -2.55. The second-order valence-electron chi connectivity index (χ2n) is 9.64. The molecule has 4 atom stereocenters. The van der Waals surface area contributed by atoms with Crippen LogP contribution in [0.4, 0.5) is 0 Å². The summed E-state index contributed by atoms with van der Waals surface area (Å²) >= 11 is 0. The molecule has 2 rings (SSSR count). The minimum absolute atomic E-state index is 0.000827. The number of fused-ring (bicyclic) bond motifs is 1. The van der Waals surface area contributed by atoms with Gasteiger partial charge in [-0.05, 0) is 69.3 Å². The van der Waals surface area contributed by atoms with Crippen LogP contribution < -0.4 is 0 Å². The van der Waals surface area contributed by atoms with Crippen LogP contribution in [0.25, 0.3) is 0 Å². The van der Waals surface area contributed by atoms with E-state index in [1.807, 2.05) is 6.08 Å². The first-order valence-electron chi connectivity index (χ1n) is 10.6. The minimum atomic E-state index is -0.239. The van der Waals surface area contributed by atoms with E-state index in [1.54, 1.807) is 0 Å². The van der Waals surface area contributed by atoms with Gasteiger partial charge in [-0.1, -0.05) is 38.0 Å². The van der Waals surface area contributed by atoms with E-state index in [2.05, 4.69) is 40.7 Å². The number of hydrogen-bond acceptors (Lipinski definition) is 4. The SMILES string of the molecule is CC(=O)OCC=C(C)CCC1C(C)=CCC2C(C)(C)C(OC(C)=O)CCC12C. The maximum Gasteiger partial charge on any atom is 0.302 e. The van der Waals surface area contributed by atoms with Gasteiger partial charge in [-0.15, -0.1) is 0 Å². The third-order valence-corrected chi connectivity index (χ3v) is 7.34. The van der Waals surface area contributed by atoms with Crippen LogP contribution >= 0.6 is 0 Å². The second-order valence-corrected chi connectivity index (χ2v) is 9.64. The molecule has 2 aliphatic carbocycles. The van der Waals surface area contributed by atoms with Crippen molar-refractivity contribution in [2.24, 2.45) is 22.7 Å². The average molecular weight is 391 g/mol. The number of ether oxygens (including phenoxy) is 2. The Labute approximate surface area is 170 Å². The normalized spacial score (nSPS) is 32.2. The summed E-state index contributed by atoms with van der Waals surface area (Å²) in [5.41, 5.74) is 2.95. The van der Waals surface area contributed by atoms with E-state index < -0.39 is 0 Å². The van der Waals surface area contributed by atoms with Crippen molar-refractivity contribution in [3.63, 3.8) is 0 Å². The zero-order chi connectivity index (χ0) is 21.1. The maximum atomic E-state index is 11.6. The average Bonchev–Trinajstić information content (AvgIpc) is 2.56. The number of esters is 2. The monoisotopic (exact) mass is 390 g/mol. The largest absolute Gasteiger partial charge is 0.462 e. The molecule has 4 unspecified atom stereocenters. The molecule has 1 fully saturated rings. The van der Waals surface area contributed by atoms with Crippen molar-refractivity contribution in [3.8, 4) is 0 Å². The third-order valence-electron chi connectivity index (χ3n) is 7.34. The second kappa shape index (κ2) is 8.84. The molecule has 158 valence electrons. The van der Waals surface area contributed by atoms with Crippen molar-refractivity contribution >= 4 is 11.9 Å². The van der Waals surface area contributed by atoms with Gasteiger partial charge >= 0.3 is 11.9 Å². The van der Waals surface area contributed by atoms with Crippen LogP contribution in [0.15, 0.2) is 23.3 Å². The van der Waals surface area contributed by atoms with Gasteiger partial charge in [0.2, 0.25) is 0 Å². The van der Waals surface area contributed by atoms with E-state index in [0.717, 1.165) is 32.1 Å². The molecule has 28 heavy (non-hydrogen) atoms. The quantitative estimate of drug-likeness (QED) is 0.436. The highest BCUT2D eigenvalue weighted by Gasteiger charge is 2.56. The van der Waals surface area contributed by atoms with Crippen molar-refractivity contribution in [1.82, 2.24) is 0 Å². The molecule has 0 N–H and O–H groups in total. The molecule has 0 aromatic heterocycles. The lowest BCUT2D eigenvalue weighted by molar-refractivity contribution is -0.171. The molecule has 4 nitrogen and oxygen atoms in total. The van der Waals surface area contributed by atoms with Crippen LogP contribution in [0.3, 0.4) is 0 Å². The standard InChI is InChI=1S/C24H38O4/c1-16(13-15-27-18(3)25)8-10-20-17(2)9-11-21-23(5,6)22(28-19(4)26)12-14-24(20,21)7/h9,13,20-22H,8,10-12,14-15H2,1-7H3. The Balaban J connectivity index is 2.14. The fourth-order valence-electron chi connectivity index (χ4n) is 5.76. The molecule has 0 saturated heterocycles. The highest BCUT2D eigenvalue weighted by molar-refractivity contribution is 5.66.